The maximum Gasteiger partial charge on any atom is 0.243 e. The number of hydrogen-bond acceptors (Lipinski definition) is 8. The van der Waals surface area contributed by atoms with Crippen LogP contribution in [0.1, 0.15) is 86.2 Å². The summed E-state index contributed by atoms with van der Waals surface area (Å²) in [6.45, 7) is 2.55. The standard InChI is InChI=1S/C35H45N3O7/c1-24(34(42)27-9-5-3-6-10-27)38(2)22-30-21-31(26-15-13-25(23-39)14-16-26)45-35(44-30)28-17-19-29(20-18-28)36-32(40)11-7-4-8-12-33(41)37-43/h3,5-6,9-10,13-20,24,30-31,34-35,39,42-43H,4,7-8,11-12,21-23H2,1-2H3,(H,36,40)(H,37,41)/t24-,30-,31+,34-,35+/m0/s1. The van der Waals surface area contributed by atoms with Gasteiger partial charge in [-0.3, -0.25) is 19.7 Å². The Morgan fingerprint density at radius 3 is 2.18 bits per heavy atom. The number of aliphatic hydroxyl groups excluding tert-OH is 2. The lowest BCUT2D eigenvalue weighted by Gasteiger charge is -2.39. The molecule has 5 atom stereocenters. The summed E-state index contributed by atoms with van der Waals surface area (Å²) in [5.41, 5.74) is 5.77. The van der Waals surface area contributed by atoms with Crippen molar-refractivity contribution in [3.05, 3.63) is 101 Å². The zero-order valence-corrected chi connectivity index (χ0v) is 26.0. The molecule has 0 radical (unpaired) electrons. The number of carbonyl (C=O) groups excluding carboxylic acids is 2. The Kier molecular flexibility index (Phi) is 13.1. The zero-order chi connectivity index (χ0) is 32.2. The molecule has 10 heteroatoms. The molecule has 1 saturated heterocycles. The lowest BCUT2D eigenvalue weighted by molar-refractivity contribution is -0.253. The van der Waals surface area contributed by atoms with Crippen molar-refractivity contribution in [2.75, 3.05) is 18.9 Å². The number of ether oxygens (including phenoxy) is 2. The quantitative estimate of drug-likeness (QED) is 0.0892. The highest BCUT2D eigenvalue weighted by molar-refractivity contribution is 5.90. The molecule has 4 rings (SSSR count). The molecule has 5 N–H and O–H groups in total. The van der Waals surface area contributed by atoms with Gasteiger partial charge in [0.15, 0.2) is 6.29 Å². The molecule has 1 aliphatic rings. The Bertz CT molecular complexity index is 1340. The average molecular weight is 620 g/mol. The van der Waals surface area contributed by atoms with Gasteiger partial charge in [-0.05, 0) is 55.6 Å². The lowest BCUT2D eigenvalue weighted by Crippen LogP contribution is -2.43. The van der Waals surface area contributed by atoms with Gasteiger partial charge < -0.3 is 25.0 Å². The maximum atomic E-state index is 12.4. The molecule has 1 aliphatic heterocycles. The predicted molar refractivity (Wildman–Crippen MR) is 170 cm³/mol. The Balaban J connectivity index is 1.40. The normalized spacial score (nSPS) is 19.6. The second-order valence-electron chi connectivity index (χ2n) is 11.7. The van der Waals surface area contributed by atoms with Gasteiger partial charge in [-0.1, -0.05) is 73.2 Å². The first-order chi connectivity index (χ1) is 21.8. The summed E-state index contributed by atoms with van der Waals surface area (Å²) in [7, 11) is 1.99. The number of aliphatic hydroxyl groups is 2. The van der Waals surface area contributed by atoms with Gasteiger partial charge in [0.25, 0.3) is 0 Å². The van der Waals surface area contributed by atoms with Crippen molar-refractivity contribution in [1.82, 2.24) is 10.4 Å². The minimum Gasteiger partial charge on any atom is -0.392 e. The van der Waals surface area contributed by atoms with E-state index in [-0.39, 0.29) is 37.2 Å². The molecule has 0 spiro atoms. The fourth-order valence-electron chi connectivity index (χ4n) is 5.44. The highest BCUT2D eigenvalue weighted by Gasteiger charge is 2.34. The number of benzene rings is 3. The van der Waals surface area contributed by atoms with Crippen molar-refractivity contribution in [2.45, 2.75) is 82.7 Å². The van der Waals surface area contributed by atoms with E-state index in [0.29, 0.717) is 44.3 Å². The van der Waals surface area contributed by atoms with Crippen LogP contribution in [0.4, 0.5) is 5.69 Å². The van der Waals surface area contributed by atoms with Crippen molar-refractivity contribution in [1.29, 1.82) is 0 Å². The van der Waals surface area contributed by atoms with Gasteiger partial charge in [0.1, 0.15) is 0 Å². The van der Waals surface area contributed by atoms with Crippen LogP contribution in [0.5, 0.6) is 0 Å². The minimum absolute atomic E-state index is 0.0289. The van der Waals surface area contributed by atoms with E-state index < -0.39 is 18.3 Å². The summed E-state index contributed by atoms with van der Waals surface area (Å²) in [6, 6.07) is 24.6. The number of nitrogens with zero attached hydrogens (tertiary/aromatic N) is 1. The second kappa shape index (κ2) is 17.2. The molecule has 0 unspecified atom stereocenters. The van der Waals surface area contributed by atoms with Crippen molar-refractivity contribution < 1.29 is 34.5 Å². The summed E-state index contributed by atoms with van der Waals surface area (Å²) in [6.07, 6.45) is 1.41. The minimum atomic E-state index is -0.649. The van der Waals surface area contributed by atoms with Gasteiger partial charge in [0.2, 0.25) is 11.8 Å². The number of hydroxylamine groups is 1. The molecular formula is C35H45N3O7. The molecule has 242 valence electrons. The summed E-state index contributed by atoms with van der Waals surface area (Å²) in [5.74, 6) is -0.535. The maximum absolute atomic E-state index is 12.4. The SMILES string of the molecule is C[C@@H]([C@H](O)c1ccccc1)N(C)C[C@@H]1C[C@H](c2ccc(CO)cc2)O[C@H](c2ccc(NC(=O)CCCCCC(=O)NO)cc2)O1. The zero-order valence-electron chi connectivity index (χ0n) is 26.0. The summed E-state index contributed by atoms with van der Waals surface area (Å²) in [4.78, 5) is 25.6. The molecule has 0 saturated carbocycles. The van der Waals surface area contributed by atoms with Crippen LogP contribution in [-0.4, -0.2) is 57.9 Å². The van der Waals surface area contributed by atoms with E-state index in [1.54, 1.807) is 5.48 Å². The molecule has 1 fully saturated rings. The van der Waals surface area contributed by atoms with Crippen LogP contribution in [0, 0.1) is 0 Å². The van der Waals surface area contributed by atoms with Gasteiger partial charge in [-0.15, -0.1) is 0 Å². The molecule has 0 aliphatic carbocycles. The van der Waals surface area contributed by atoms with Crippen LogP contribution in [-0.2, 0) is 25.7 Å². The molecule has 1 heterocycles. The highest BCUT2D eigenvalue weighted by atomic mass is 16.7. The van der Waals surface area contributed by atoms with Crippen molar-refractivity contribution in [2.24, 2.45) is 0 Å². The summed E-state index contributed by atoms with van der Waals surface area (Å²) >= 11 is 0. The highest BCUT2D eigenvalue weighted by Crippen LogP contribution is 2.38. The van der Waals surface area contributed by atoms with Crippen LogP contribution in [0.3, 0.4) is 0 Å². The van der Waals surface area contributed by atoms with Gasteiger partial charge in [0.05, 0.1) is 24.9 Å². The third kappa shape index (κ3) is 10.2. The number of likely N-dealkylation sites (N-methyl/N-ethyl adjacent to an activating group) is 1. The van der Waals surface area contributed by atoms with E-state index in [9.17, 15) is 19.8 Å². The first kappa shape index (κ1) is 34.2. The van der Waals surface area contributed by atoms with E-state index in [1.165, 1.54) is 0 Å². The molecule has 0 aromatic heterocycles. The van der Waals surface area contributed by atoms with E-state index in [4.69, 9.17) is 14.7 Å². The third-order valence-corrected chi connectivity index (χ3v) is 8.30. The number of amides is 2. The Morgan fingerprint density at radius 2 is 1.53 bits per heavy atom. The monoisotopic (exact) mass is 619 g/mol. The number of rotatable bonds is 15. The smallest absolute Gasteiger partial charge is 0.243 e. The van der Waals surface area contributed by atoms with Gasteiger partial charge >= 0.3 is 0 Å². The molecule has 3 aromatic rings. The van der Waals surface area contributed by atoms with Gasteiger partial charge in [-0.25, -0.2) is 5.48 Å². The van der Waals surface area contributed by atoms with Crippen LogP contribution < -0.4 is 10.8 Å². The lowest BCUT2D eigenvalue weighted by atomic mass is 9.98. The Labute approximate surface area is 264 Å². The van der Waals surface area contributed by atoms with E-state index in [2.05, 4.69) is 10.2 Å². The molecule has 10 nitrogen and oxygen atoms in total. The van der Waals surface area contributed by atoms with E-state index in [0.717, 1.165) is 22.3 Å². The van der Waals surface area contributed by atoms with Crippen molar-refractivity contribution >= 4 is 17.5 Å². The first-order valence-corrected chi connectivity index (χ1v) is 15.5. The first-order valence-electron chi connectivity index (χ1n) is 15.5. The Morgan fingerprint density at radius 1 is 0.889 bits per heavy atom. The number of carbonyl (C=O) groups is 2. The van der Waals surface area contributed by atoms with E-state index >= 15 is 0 Å². The molecule has 45 heavy (non-hydrogen) atoms. The third-order valence-electron chi connectivity index (χ3n) is 8.30. The number of unbranched alkanes of at least 4 members (excludes halogenated alkanes) is 2. The predicted octanol–water partition coefficient (Wildman–Crippen LogP) is 5.17. The Hall–Kier alpha value is -3.64. The topological polar surface area (TPSA) is 141 Å². The summed E-state index contributed by atoms with van der Waals surface area (Å²) < 4.78 is 12.9. The second-order valence-corrected chi connectivity index (χ2v) is 11.7. The van der Waals surface area contributed by atoms with Crippen LogP contribution >= 0.6 is 0 Å². The summed E-state index contributed by atoms with van der Waals surface area (Å²) in [5, 5.41) is 32.0. The number of hydrogen-bond donors (Lipinski definition) is 5. The fourth-order valence-corrected chi connectivity index (χ4v) is 5.44. The van der Waals surface area contributed by atoms with Gasteiger partial charge in [-0.2, -0.15) is 0 Å². The fraction of sp³-hybridized carbons (Fsp3) is 0.429. The van der Waals surface area contributed by atoms with Gasteiger partial charge in [0, 0.05) is 43.1 Å². The van der Waals surface area contributed by atoms with E-state index in [1.807, 2.05) is 92.8 Å². The van der Waals surface area contributed by atoms with Crippen LogP contribution in [0.15, 0.2) is 78.9 Å². The molecule has 3 aromatic carbocycles. The molecule has 2 amide bonds. The number of nitrogens with one attached hydrogen (secondary N) is 2. The average Bonchev–Trinajstić information content (AvgIpc) is 3.07. The van der Waals surface area contributed by atoms with Crippen LogP contribution in [0.25, 0.3) is 0 Å². The molecule has 0 bridgehead atoms. The van der Waals surface area contributed by atoms with Crippen LogP contribution in [0.2, 0.25) is 0 Å². The number of anilines is 1. The van der Waals surface area contributed by atoms with Crippen molar-refractivity contribution in [3.8, 4) is 0 Å². The molecular weight excluding hydrogens is 574 g/mol. The largest absolute Gasteiger partial charge is 0.392 e. The van der Waals surface area contributed by atoms with Crippen molar-refractivity contribution in [3.63, 3.8) is 0 Å².